The number of benzene rings is 1. The minimum Gasteiger partial charge on any atom is -0.346 e. The van der Waals surface area contributed by atoms with Gasteiger partial charge in [0, 0.05) is 10.9 Å². The number of amides is 2. The zero-order chi connectivity index (χ0) is 17.7. The van der Waals surface area contributed by atoms with E-state index in [4.69, 9.17) is 5.73 Å². The fraction of sp³-hybridized carbons (Fsp3) is 0.353. The Bertz CT molecular complexity index is 727. The summed E-state index contributed by atoms with van der Waals surface area (Å²) in [6.45, 7) is 5.60. The van der Waals surface area contributed by atoms with E-state index in [0.717, 1.165) is 16.8 Å². The van der Waals surface area contributed by atoms with E-state index >= 15 is 0 Å². The Hall–Kier alpha value is -2.25. The van der Waals surface area contributed by atoms with Gasteiger partial charge in [-0.15, -0.1) is 11.3 Å². The van der Waals surface area contributed by atoms with E-state index in [1.54, 1.807) is 0 Å². The van der Waals surface area contributed by atoms with E-state index in [2.05, 4.69) is 15.6 Å². The average molecular weight is 346 g/mol. The largest absolute Gasteiger partial charge is 0.346 e. The monoisotopic (exact) mass is 346 g/mol. The molecule has 7 heteroatoms. The number of nitrogens with one attached hydrogen (secondary N) is 2. The van der Waals surface area contributed by atoms with Gasteiger partial charge in [0.15, 0.2) is 5.13 Å². The summed E-state index contributed by atoms with van der Waals surface area (Å²) in [4.78, 5) is 28.1. The van der Waals surface area contributed by atoms with Crippen molar-refractivity contribution >= 4 is 28.3 Å². The highest BCUT2D eigenvalue weighted by atomic mass is 32.1. The molecule has 2 rings (SSSR count). The molecule has 0 bridgehead atoms. The molecule has 1 aromatic carbocycles. The lowest BCUT2D eigenvalue weighted by atomic mass is 10.1. The van der Waals surface area contributed by atoms with E-state index in [1.807, 2.05) is 50.4 Å². The average Bonchev–Trinajstić information content (AvgIpc) is 3.00. The molecule has 0 aliphatic rings. The SMILES string of the molecule is Cc1ccccc1-c1csc(NC(=O)CNC(=O)[C@@H](N)C(C)C)n1. The molecule has 0 radical (unpaired) electrons. The minimum atomic E-state index is -0.620. The highest BCUT2D eigenvalue weighted by Crippen LogP contribution is 2.27. The van der Waals surface area contributed by atoms with Crippen LogP contribution >= 0.6 is 11.3 Å². The Morgan fingerprint density at radius 1 is 1.29 bits per heavy atom. The van der Waals surface area contributed by atoms with Gasteiger partial charge in [0.05, 0.1) is 18.3 Å². The summed E-state index contributed by atoms with van der Waals surface area (Å²) >= 11 is 1.35. The number of nitrogens with zero attached hydrogens (tertiary/aromatic N) is 1. The minimum absolute atomic E-state index is 0.0173. The number of nitrogens with two attached hydrogens (primary N) is 1. The van der Waals surface area contributed by atoms with Crippen LogP contribution in [0.3, 0.4) is 0 Å². The summed E-state index contributed by atoms with van der Waals surface area (Å²) in [7, 11) is 0. The summed E-state index contributed by atoms with van der Waals surface area (Å²) < 4.78 is 0. The molecule has 24 heavy (non-hydrogen) atoms. The molecule has 0 saturated heterocycles. The van der Waals surface area contributed by atoms with Crippen molar-refractivity contribution < 1.29 is 9.59 Å². The Balaban J connectivity index is 1.92. The molecule has 6 nitrogen and oxygen atoms in total. The molecule has 128 valence electrons. The third kappa shape index (κ3) is 4.62. The van der Waals surface area contributed by atoms with Crippen LogP contribution < -0.4 is 16.4 Å². The molecule has 4 N–H and O–H groups in total. The van der Waals surface area contributed by atoms with Gasteiger partial charge in [-0.3, -0.25) is 9.59 Å². The maximum atomic E-state index is 11.9. The second-order valence-corrected chi connectivity index (χ2v) is 6.75. The number of carbonyl (C=O) groups excluding carboxylic acids is 2. The van der Waals surface area contributed by atoms with Crippen LogP contribution in [0.1, 0.15) is 19.4 Å². The normalized spacial score (nSPS) is 12.0. The molecule has 2 aromatic rings. The number of hydrogen-bond acceptors (Lipinski definition) is 5. The molecule has 1 aromatic heterocycles. The number of anilines is 1. The van der Waals surface area contributed by atoms with E-state index in [1.165, 1.54) is 11.3 Å². The highest BCUT2D eigenvalue weighted by molar-refractivity contribution is 7.14. The zero-order valence-corrected chi connectivity index (χ0v) is 14.8. The number of carbonyl (C=O) groups is 2. The van der Waals surface area contributed by atoms with Crippen molar-refractivity contribution in [3.05, 3.63) is 35.2 Å². The number of thiazole rings is 1. The topological polar surface area (TPSA) is 97.1 Å². The lowest BCUT2D eigenvalue weighted by Crippen LogP contribution is -2.46. The first-order chi connectivity index (χ1) is 11.4. The van der Waals surface area contributed by atoms with Crippen LogP contribution in [-0.4, -0.2) is 29.4 Å². The Labute approximate surface area is 145 Å². The maximum absolute atomic E-state index is 11.9. The van der Waals surface area contributed by atoms with Crippen LogP contribution in [-0.2, 0) is 9.59 Å². The summed E-state index contributed by atoms with van der Waals surface area (Å²) in [5.41, 5.74) is 8.70. The Kier molecular flexibility index (Phi) is 6.05. The summed E-state index contributed by atoms with van der Waals surface area (Å²) in [5, 5.41) is 7.61. The van der Waals surface area contributed by atoms with Gasteiger partial charge in [0.1, 0.15) is 0 Å². The van der Waals surface area contributed by atoms with Crippen molar-refractivity contribution in [2.45, 2.75) is 26.8 Å². The van der Waals surface area contributed by atoms with Gasteiger partial charge in [-0.05, 0) is 18.4 Å². The number of rotatable bonds is 6. The van der Waals surface area contributed by atoms with Gasteiger partial charge in [0.25, 0.3) is 0 Å². The number of aromatic nitrogens is 1. The smallest absolute Gasteiger partial charge is 0.245 e. The predicted octanol–water partition coefficient (Wildman–Crippen LogP) is 2.16. The van der Waals surface area contributed by atoms with Crippen molar-refractivity contribution in [3.8, 4) is 11.3 Å². The molecular weight excluding hydrogens is 324 g/mol. The predicted molar refractivity (Wildman–Crippen MR) is 96.7 cm³/mol. The fourth-order valence-corrected chi connectivity index (χ4v) is 2.79. The molecule has 1 heterocycles. The number of aryl methyl sites for hydroxylation is 1. The van der Waals surface area contributed by atoms with Gasteiger partial charge < -0.3 is 16.4 Å². The van der Waals surface area contributed by atoms with Gasteiger partial charge in [-0.1, -0.05) is 38.1 Å². The first-order valence-electron chi connectivity index (χ1n) is 7.73. The first kappa shape index (κ1) is 18.1. The van der Waals surface area contributed by atoms with Crippen LogP contribution in [0, 0.1) is 12.8 Å². The molecular formula is C17H22N4O2S. The van der Waals surface area contributed by atoms with Crippen molar-refractivity contribution in [2.75, 3.05) is 11.9 Å². The molecule has 0 unspecified atom stereocenters. The zero-order valence-electron chi connectivity index (χ0n) is 14.0. The fourth-order valence-electron chi connectivity index (χ4n) is 2.07. The van der Waals surface area contributed by atoms with Gasteiger partial charge in [-0.2, -0.15) is 0 Å². The molecule has 0 aliphatic carbocycles. The van der Waals surface area contributed by atoms with Crippen molar-refractivity contribution in [1.82, 2.24) is 10.3 Å². The third-order valence-electron chi connectivity index (χ3n) is 3.62. The maximum Gasteiger partial charge on any atom is 0.245 e. The molecule has 0 aliphatic heterocycles. The second kappa shape index (κ2) is 8.03. The lowest BCUT2D eigenvalue weighted by molar-refractivity contribution is -0.125. The molecule has 0 spiro atoms. The van der Waals surface area contributed by atoms with Crippen LogP contribution in [0.15, 0.2) is 29.6 Å². The number of hydrogen-bond donors (Lipinski definition) is 3. The van der Waals surface area contributed by atoms with Crippen molar-refractivity contribution in [1.29, 1.82) is 0 Å². The van der Waals surface area contributed by atoms with Crippen LogP contribution in [0.25, 0.3) is 11.3 Å². The molecule has 0 fully saturated rings. The molecule has 2 amide bonds. The van der Waals surface area contributed by atoms with Gasteiger partial charge in [0.2, 0.25) is 11.8 Å². The van der Waals surface area contributed by atoms with Gasteiger partial charge >= 0.3 is 0 Å². The molecule has 0 saturated carbocycles. The third-order valence-corrected chi connectivity index (χ3v) is 4.37. The van der Waals surface area contributed by atoms with E-state index < -0.39 is 6.04 Å². The summed E-state index contributed by atoms with van der Waals surface area (Å²) in [6, 6.07) is 7.31. The Morgan fingerprint density at radius 2 is 2.00 bits per heavy atom. The second-order valence-electron chi connectivity index (χ2n) is 5.89. The van der Waals surface area contributed by atoms with Gasteiger partial charge in [-0.25, -0.2) is 4.98 Å². The van der Waals surface area contributed by atoms with Crippen LogP contribution in [0.2, 0.25) is 0 Å². The van der Waals surface area contributed by atoms with E-state index in [-0.39, 0.29) is 24.3 Å². The van der Waals surface area contributed by atoms with Crippen molar-refractivity contribution in [2.24, 2.45) is 11.7 Å². The first-order valence-corrected chi connectivity index (χ1v) is 8.61. The van der Waals surface area contributed by atoms with E-state index in [9.17, 15) is 9.59 Å². The van der Waals surface area contributed by atoms with Crippen LogP contribution in [0.4, 0.5) is 5.13 Å². The Morgan fingerprint density at radius 3 is 2.67 bits per heavy atom. The van der Waals surface area contributed by atoms with Crippen molar-refractivity contribution in [3.63, 3.8) is 0 Å². The lowest BCUT2D eigenvalue weighted by Gasteiger charge is -2.14. The summed E-state index contributed by atoms with van der Waals surface area (Å²) in [5.74, 6) is -0.645. The summed E-state index contributed by atoms with van der Waals surface area (Å²) in [6.07, 6.45) is 0. The highest BCUT2D eigenvalue weighted by Gasteiger charge is 2.18. The molecule has 1 atom stereocenters. The van der Waals surface area contributed by atoms with E-state index in [0.29, 0.717) is 5.13 Å². The quantitative estimate of drug-likeness (QED) is 0.746. The standard InChI is InChI=1S/C17H22N4O2S/c1-10(2)15(18)16(23)19-8-14(22)21-17-20-13(9-24-17)12-7-5-4-6-11(12)3/h4-7,9-10,15H,8,18H2,1-3H3,(H,19,23)(H,20,21,22)/t15-/m0/s1. The van der Waals surface area contributed by atoms with Crippen LogP contribution in [0.5, 0.6) is 0 Å².